The second-order valence-electron chi connectivity index (χ2n) is 4.85. The zero-order valence-corrected chi connectivity index (χ0v) is 13.2. The molecule has 0 bridgehead atoms. The first-order valence-electron chi connectivity index (χ1n) is 7.01. The maximum absolute atomic E-state index is 12.0. The fraction of sp³-hybridized carbons (Fsp3) is 0.667. The molecule has 3 nitrogen and oxygen atoms in total. The number of thiophene rings is 1. The van der Waals surface area contributed by atoms with Gasteiger partial charge >= 0.3 is 5.97 Å². The molecule has 0 aromatic carbocycles. The molecule has 0 spiro atoms. The summed E-state index contributed by atoms with van der Waals surface area (Å²) in [6, 6.07) is 4.43. The summed E-state index contributed by atoms with van der Waals surface area (Å²) >= 11 is 1.77. The van der Waals surface area contributed by atoms with Crippen molar-refractivity contribution in [2.24, 2.45) is 0 Å². The smallest absolute Gasteiger partial charge is 0.323 e. The minimum Gasteiger partial charge on any atom is -0.465 e. The first-order chi connectivity index (χ1) is 9.10. The van der Waals surface area contributed by atoms with Crippen molar-refractivity contribution in [3.05, 3.63) is 22.4 Å². The molecule has 0 amide bonds. The highest BCUT2D eigenvalue weighted by Gasteiger charge is 2.27. The van der Waals surface area contributed by atoms with Gasteiger partial charge in [-0.2, -0.15) is 0 Å². The van der Waals surface area contributed by atoms with Crippen LogP contribution in [0.25, 0.3) is 0 Å². The molecule has 0 saturated carbocycles. The van der Waals surface area contributed by atoms with Crippen LogP contribution in [0.5, 0.6) is 0 Å². The van der Waals surface area contributed by atoms with E-state index in [1.54, 1.807) is 11.3 Å². The molecule has 0 aliphatic rings. The Morgan fingerprint density at radius 2 is 2.21 bits per heavy atom. The van der Waals surface area contributed by atoms with Crippen LogP contribution in [0.1, 0.15) is 38.5 Å². The van der Waals surface area contributed by atoms with Gasteiger partial charge in [-0.15, -0.1) is 11.3 Å². The zero-order chi connectivity index (χ0) is 14.3. The fourth-order valence-electron chi connectivity index (χ4n) is 2.17. The van der Waals surface area contributed by atoms with Gasteiger partial charge in [0.25, 0.3) is 0 Å². The zero-order valence-electron chi connectivity index (χ0n) is 12.4. The predicted molar refractivity (Wildman–Crippen MR) is 80.6 cm³/mol. The number of rotatable bonds is 8. The molecule has 0 aliphatic carbocycles. The minimum absolute atomic E-state index is 0.0927. The van der Waals surface area contributed by atoms with Gasteiger partial charge < -0.3 is 4.74 Å². The van der Waals surface area contributed by atoms with Crippen molar-refractivity contribution in [2.75, 3.05) is 13.7 Å². The monoisotopic (exact) mass is 283 g/mol. The van der Waals surface area contributed by atoms with E-state index in [1.807, 2.05) is 14.0 Å². The molecule has 2 atom stereocenters. The van der Waals surface area contributed by atoms with E-state index in [9.17, 15) is 4.79 Å². The molecule has 0 radical (unpaired) electrons. The molecule has 4 heteroatoms. The third kappa shape index (κ3) is 4.96. The van der Waals surface area contributed by atoms with Gasteiger partial charge in [-0.05, 0) is 45.2 Å². The molecule has 0 N–H and O–H groups in total. The normalized spacial score (nSPS) is 14.4. The van der Waals surface area contributed by atoms with Crippen LogP contribution < -0.4 is 0 Å². The second kappa shape index (κ2) is 8.33. The van der Waals surface area contributed by atoms with E-state index in [2.05, 4.69) is 36.3 Å². The SMILES string of the molecule is CCCC(C(=O)OCC)N(C)C(C)Cc1cccs1. The molecular weight excluding hydrogens is 258 g/mol. The molecule has 108 valence electrons. The minimum atomic E-state index is -0.125. The molecule has 19 heavy (non-hydrogen) atoms. The van der Waals surface area contributed by atoms with Crippen molar-refractivity contribution < 1.29 is 9.53 Å². The highest BCUT2D eigenvalue weighted by molar-refractivity contribution is 7.09. The Bertz CT molecular complexity index is 364. The van der Waals surface area contributed by atoms with Crippen LogP contribution >= 0.6 is 11.3 Å². The third-order valence-electron chi connectivity index (χ3n) is 3.38. The van der Waals surface area contributed by atoms with Crippen LogP contribution in [0.4, 0.5) is 0 Å². The molecular formula is C15H25NO2S. The Labute approximate surface area is 120 Å². The maximum atomic E-state index is 12.0. The van der Waals surface area contributed by atoms with Crippen LogP contribution in [0.3, 0.4) is 0 Å². The fourth-order valence-corrected chi connectivity index (χ4v) is 3.00. The summed E-state index contributed by atoms with van der Waals surface area (Å²) in [5.41, 5.74) is 0. The average Bonchev–Trinajstić information content (AvgIpc) is 2.88. The molecule has 1 rings (SSSR count). The molecule has 1 heterocycles. The van der Waals surface area contributed by atoms with Crippen molar-refractivity contribution in [3.63, 3.8) is 0 Å². The molecule has 0 fully saturated rings. The quantitative estimate of drug-likeness (QED) is 0.685. The van der Waals surface area contributed by atoms with Crippen molar-refractivity contribution in [1.29, 1.82) is 0 Å². The van der Waals surface area contributed by atoms with E-state index in [4.69, 9.17) is 4.74 Å². The average molecular weight is 283 g/mol. The molecule has 0 saturated heterocycles. The van der Waals surface area contributed by atoms with Gasteiger partial charge in [0.2, 0.25) is 0 Å². The van der Waals surface area contributed by atoms with Crippen molar-refractivity contribution in [3.8, 4) is 0 Å². The summed E-state index contributed by atoms with van der Waals surface area (Å²) in [7, 11) is 2.02. The summed E-state index contributed by atoms with van der Waals surface area (Å²) in [5, 5.41) is 2.09. The van der Waals surface area contributed by atoms with E-state index >= 15 is 0 Å². The number of ether oxygens (including phenoxy) is 1. The number of hydrogen-bond donors (Lipinski definition) is 0. The number of likely N-dealkylation sites (N-methyl/N-ethyl adjacent to an activating group) is 1. The Kier molecular flexibility index (Phi) is 7.10. The Balaban J connectivity index is 2.63. The Hall–Kier alpha value is -0.870. The van der Waals surface area contributed by atoms with Gasteiger partial charge in [-0.1, -0.05) is 19.4 Å². The lowest BCUT2D eigenvalue weighted by Crippen LogP contribution is -2.45. The summed E-state index contributed by atoms with van der Waals surface area (Å²) in [4.78, 5) is 15.5. The van der Waals surface area contributed by atoms with E-state index in [-0.39, 0.29) is 12.0 Å². The van der Waals surface area contributed by atoms with E-state index in [1.165, 1.54) is 4.88 Å². The topological polar surface area (TPSA) is 29.5 Å². The molecule has 1 aromatic heterocycles. The molecule has 0 aliphatic heterocycles. The Morgan fingerprint density at radius 1 is 1.47 bits per heavy atom. The van der Waals surface area contributed by atoms with Crippen molar-refractivity contribution in [1.82, 2.24) is 4.90 Å². The van der Waals surface area contributed by atoms with Crippen molar-refractivity contribution >= 4 is 17.3 Å². The largest absolute Gasteiger partial charge is 0.465 e. The Morgan fingerprint density at radius 3 is 2.74 bits per heavy atom. The van der Waals surface area contributed by atoms with Gasteiger partial charge in [0.1, 0.15) is 6.04 Å². The number of carbonyl (C=O) groups is 1. The summed E-state index contributed by atoms with van der Waals surface area (Å²) in [5.74, 6) is -0.0927. The van der Waals surface area contributed by atoms with E-state index in [0.717, 1.165) is 19.3 Å². The summed E-state index contributed by atoms with van der Waals surface area (Å²) in [6.07, 6.45) is 2.82. The van der Waals surface area contributed by atoms with E-state index < -0.39 is 0 Å². The molecule has 1 aromatic rings. The molecule has 2 unspecified atom stereocenters. The van der Waals surface area contributed by atoms with E-state index in [0.29, 0.717) is 12.6 Å². The lowest BCUT2D eigenvalue weighted by molar-refractivity contribution is -0.150. The van der Waals surface area contributed by atoms with Gasteiger partial charge in [0.05, 0.1) is 6.61 Å². The number of esters is 1. The number of carbonyl (C=O) groups excluding carboxylic acids is 1. The van der Waals surface area contributed by atoms with Crippen LogP contribution in [0.15, 0.2) is 17.5 Å². The number of nitrogens with zero attached hydrogens (tertiary/aromatic N) is 1. The van der Waals surface area contributed by atoms with Gasteiger partial charge in [-0.3, -0.25) is 9.69 Å². The maximum Gasteiger partial charge on any atom is 0.323 e. The summed E-state index contributed by atoms with van der Waals surface area (Å²) < 4.78 is 5.19. The van der Waals surface area contributed by atoms with Crippen LogP contribution in [0, 0.1) is 0 Å². The van der Waals surface area contributed by atoms with Crippen molar-refractivity contribution in [2.45, 2.75) is 52.1 Å². The van der Waals surface area contributed by atoms with Crippen LogP contribution in [-0.4, -0.2) is 36.6 Å². The first kappa shape index (κ1) is 16.2. The van der Waals surface area contributed by atoms with Gasteiger partial charge in [-0.25, -0.2) is 0 Å². The standard InChI is InChI=1S/C15H25NO2S/c1-5-8-14(15(17)18-6-2)16(4)12(3)11-13-9-7-10-19-13/h7,9-10,12,14H,5-6,8,11H2,1-4H3. The predicted octanol–water partition coefficient (Wildman–Crippen LogP) is 3.34. The van der Waals surface area contributed by atoms with Gasteiger partial charge in [0, 0.05) is 10.9 Å². The highest BCUT2D eigenvalue weighted by atomic mass is 32.1. The highest BCUT2D eigenvalue weighted by Crippen LogP contribution is 2.17. The third-order valence-corrected chi connectivity index (χ3v) is 4.28. The lowest BCUT2D eigenvalue weighted by Gasteiger charge is -2.31. The van der Waals surface area contributed by atoms with Gasteiger partial charge in [0.15, 0.2) is 0 Å². The van der Waals surface area contributed by atoms with Crippen LogP contribution in [0.2, 0.25) is 0 Å². The first-order valence-corrected chi connectivity index (χ1v) is 7.89. The summed E-state index contributed by atoms with van der Waals surface area (Å²) in [6.45, 7) is 6.58. The lowest BCUT2D eigenvalue weighted by atomic mass is 10.1. The second-order valence-corrected chi connectivity index (χ2v) is 5.89. The van der Waals surface area contributed by atoms with Crippen LogP contribution in [-0.2, 0) is 16.0 Å². The number of hydrogen-bond acceptors (Lipinski definition) is 4.